The molecule has 0 saturated carbocycles. The Hall–Kier alpha value is -8.68. The molecule has 0 unspecified atom stereocenters. The fourth-order valence-electron chi connectivity index (χ4n) is 11.3. The number of para-hydroxylation sites is 2. The number of nitrogens with zero attached hydrogens (tertiary/aromatic N) is 12. The van der Waals surface area contributed by atoms with Crippen molar-refractivity contribution >= 4 is 56.7 Å². The summed E-state index contributed by atoms with van der Waals surface area (Å²) in [6.07, 6.45) is 9.57. The monoisotopic (exact) mass is 1110 g/mol. The number of ketones is 1. The van der Waals surface area contributed by atoms with E-state index in [0.717, 1.165) is 145 Å². The summed E-state index contributed by atoms with van der Waals surface area (Å²) < 4.78 is 16.3. The van der Waals surface area contributed by atoms with Crippen molar-refractivity contribution in [3.8, 4) is 22.9 Å². The highest BCUT2D eigenvalue weighted by Crippen LogP contribution is 2.41. The summed E-state index contributed by atoms with van der Waals surface area (Å²) >= 11 is 0. The van der Waals surface area contributed by atoms with E-state index in [1.807, 2.05) is 115 Å². The molecule has 0 spiro atoms. The number of ether oxygens (including phenoxy) is 2. The number of Topliss-reactive ketones (excluding diaryl/α,β-unsaturated/α-hetero) is 1. The smallest absolute Gasteiger partial charge is 0.310 e. The van der Waals surface area contributed by atoms with Gasteiger partial charge in [0, 0.05) is 127 Å². The largest absolute Gasteiger partial charge is 0.481 e. The number of fused-ring (bicyclic) bond motifs is 2. The standard InChI is InChI=1S/C32H36N6O3.C31H34N6O4/c1-23-18-25-8-6-12-33-30(25)31(32(23)41-22-29(40)37-19-26(20-37)24(2)39)36-14-7-13-35(16-17-36)21-27-11-15-38(34-27)28-9-4-3-5-10-28;1-22-17-23-7-5-11-32-28(23)29(30(22)41-21-27(38)36-18-24(19-36)31(39)40)35-13-6-12-34(15-16-35)20-25-10-14-37(33-25)26-8-3-2-4-9-26/h3-6,8-12,15,18,26H,7,13-14,16-17,19-22H2,1-2H3;2-5,7-11,14,17,24H,6,12-13,15-16,18-21H2,1H3,(H,39,40). The average Bonchev–Trinajstić information content (AvgIpc) is 3.84. The number of amides is 2. The topological polar surface area (TPSA) is 188 Å². The summed E-state index contributed by atoms with van der Waals surface area (Å²) in [5.41, 5.74) is 9.69. The quantitative estimate of drug-likeness (QED) is 0.102. The Kier molecular flexibility index (Phi) is 16.8. The van der Waals surface area contributed by atoms with E-state index in [1.54, 1.807) is 18.0 Å². The lowest BCUT2D eigenvalue weighted by Gasteiger charge is -2.37. The zero-order valence-corrected chi connectivity index (χ0v) is 46.8. The lowest BCUT2D eigenvalue weighted by Crippen LogP contribution is -2.54. The number of hydrogen-bond donors (Lipinski definition) is 1. The van der Waals surface area contributed by atoms with Gasteiger partial charge in [-0.2, -0.15) is 10.2 Å². The van der Waals surface area contributed by atoms with Crippen LogP contribution in [-0.4, -0.2) is 170 Å². The number of aliphatic carboxylic acids is 1. The van der Waals surface area contributed by atoms with E-state index >= 15 is 0 Å². The third-order valence-corrected chi connectivity index (χ3v) is 16.0. The molecular formula is C63H70N12O7. The van der Waals surface area contributed by atoms with Crippen LogP contribution in [0.3, 0.4) is 0 Å². The van der Waals surface area contributed by atoms with Crippen molar-refractivity contribution in [2.75, 3.05) is 102 Å². The first-order chi connectivity index (χ1) is 39.9. The summed E-state index contributed by atoms with van der Waals surface area (Å²) in [5, 5.41) is 20.8. The van der Waals surface area contributed by atoms with E-state index in [0.29, 0.717) is 24.6 Å². The number of anilines is 2. The third kappa shape index (κ3) is 12.6. The van der Waals surface area contributed by atoms with Gasteiger partial charge in [-0.1, -0.05) is 48.5 Å². The SMILES string of the molecule is CC(=O)C1CN(C(=O)COc2c(C)cc3cccnc3c2N2CCCN(Cc3ccn(-c4ccccc4)n3)CC2)C1.Cc1cc2cccnc2c(N2CCCN(Cc3ccn(-c4ccccc4)n3)CC2)c1OCC(=O)N1CC(C(=O)O)C1. The number of rotatable bonds is 16. The lowest BCUT2D eigenvalue weighted by atomic mass is 9.96. The van der Waals surface area contributed by atoms with Crippen molar-refractivity contribution in [3.05, 3.63) is 156 Å². The predicted octanol–water partition coefficient (Wildman–Crippen LogP) is 7.23. The molecule has 8 aromatic rings. The van der Waals surface area contributed by atoms with Gasteiger partial charge < -0.3 is 34.2 Å². The molecule has 8 heterocycles. The number of benzene rings is 4. The number of carbonyl (C=O) groups is 4. The van der Waals surface area contributed by atoms with Crippen LogP contribution < -0.4 is 19.3 Å². The van der Waals surface area contributed by atoms with Crippen molar-refractivity contribution in [2.45, 2.75) is 46.7 Å². The second-order valence-electron chi connectivity index (χ2n) is 21.8. The molecule has 4 fully saturated rings. The van der Waals surface area contributed by atoms with E-state index < -0.39 is 11.9 Å². The van der Waals surface area contributed by atoms with Crippen molar-refractivity contribution in [3.63, 3.8) is 0 Å². The number of carboxylic acids is 1. The Morgan fingerprint density at radius 2 is 0.976 bits per heavy atom. The molecule has 0 aliphatic carbocycles. The summed E-state index contributed by atoms with van der Waals surface area (Å²) in [6.45, 7) is 15.3. The molecular weight excluding hydrogens is 1040 g/mol. The molecule has 12 rings (SSSR count). The van der Waals surface area contributed by atoms with Gasteiger partial charge in [0.2, 0.25) is 0 Å². The highest BCUT2D eigenvalue weighted by Gasteiger charge is 2.37. The molecule has 2 amide bonds. The van der Waals surface area contributed by atoms with Crippen LogP contribution in [0.5, 0.6) is 11.5 Å². The molecule has 19 heteroatoms. The van der Waals surface area contributed by atoms with Crippen LogP contribution in [0.1, 0.15) is 42.3 Å². The zero-order valence-electron chi connectivity index (χ0n) is 46.8. The summed E-state index contributed by atoms with van der Waals surface area (Å²) in [7, 11) is 0. The van der Waals surface area contributed by atoms with Crippen LogP contribution in [0.25, 0.3) is 33.2 Å². The van der Waals surface area contributed by atoms with Crippen LogP contribution in [-0.2, 0) is 32.3 Å². The van der Waals surface area contributed by atoms with Gasteiger partial charge in [0.25, 0.3) is 11.8 Å². The van der Waals surface area contributed by atoms with Gasteiger partial charge >= 0.3 is 5.97 Å². The van der Waals surface area contributed by atoms with E-state index in [2.05, 4.69) is 56.0 Å². The molecule has 4 aromatic heterocycles. The molecule has 4 aliphatic rings. The Balaban J connectivity index is 0.000000172. The van der Waals surface area contributed by atoms with Crippen molar-refractivity contribution in [1.82, 2.24) is 49.1 Å². The van der Waals surface area contributed by atoms with Gasteiger partial charge in [0.1, 0.15) is 28.7 Å². The zero-order chi connectivity index (χ0) is 56.7. The highest BCUT2D eigenvalue weighted by atomic mass is 16.5. The van der Waals surface area contributed by atoms with Crippen LogP contribution >= 0.6 is 0 Å². The Bertz CT molecular complexity index is 3330. The maximum atomic E-state index is 12.8. The Morgan fingerprint density at radius 3 is 1.40 bits per heavy atom. The van der Waals surface area contributed by atoms with Crippen LogP contribution in [0.15, 0.2) is 134 Å². The molecule has 82 heavy (non-hydrogen) atoms. The van der Waals surface area contributed by atoms with E-state index in [4.69, 9.17) is 34.7 Å². The summed E-state index contributed by atoms with van der Waals surface area (Å²) in [5.74, 6) is -0.196. The van der Waals surface area contributed by atoms with Gasteiger partial charge in [-0.25, -0.2) is 9.36 Å². The van der Waals surface area contributed by atoms with Crippen LogP contribution in [0, 0.1) is 25.7 Å². The maximum absolute atomic E-state index is 12.8. The maximum Gasteiger partial charge on any atom is 0.310 e. The average molecular weight is 1110 g/mol. The molecule has 4 saturated heterocycles. The number of pyridine rings is 2. The normalized spacial score (nSPS) is 16.4. The van der Waals surface area contributed by atoms with Crippen molar-refractivity contribution in [2.24, 2.45) is 11.8 Å². The van der Waals surface area contributed by atoms with Crippen LogP contribution in [0.4, 0.5) is 11.4 Å². The predicted molar refractivity (Wildman–Crippen MR) is 314 cm³/mol. The first-order valence-electron chi connectivity index (χ1n) is 28.4. The second kappa shape index (κ2) is 25.0. The van der Waals surface area contributed by atoms with Crippen molar-refractivity contribution < 1.29 is 33.8 Å². The molecule has 1 N–H and O–H groups in total. The van der Waals surface area contributed by atoms with E-state index in [-0.39, 0.29) is 49.8 Å². The minimum absolute atomic E-state index is 0.0479. The number of carboxylic acid groups (broad SMARTS) is 1. The summed E-state index contributed by atoms with van der Waals surface area (Å²) in [6, 6.07) is 36.6. The number of hydrogen-bond acceptors (Lipinski definition) is 14. The number of aromatic nitrogens is 6. The van der Waals surface area contributed by atoms with Crippen LogP contribution in [0.2, 0.25) is 0 Å². The van der Waals surface area contributed by atoms with E-state index in [9.17, 15) is 19.2 Å². The van der Waals surface area contributed by atoms with E-state index in [1.165, 1.54) is 4.90 Å². The van der Waals surface area contributed by atoms with Gasteiger partial charge in [0.15, 0.2) is 13.2 Å². The van der Waals surface area contributed by atoms with Gasteiger partial charge in [-0.15, -0.1) is 0 Å². The van der Waals surface area contributed by atoms with Gasteiger partial charge in [0.05, 0.1) is 45.6 Å². The number of likely N-dealkylation sites (tertiary alicyclic amines) is 2. The molecule has 19 nitrogen and oxygen atoms in total. The van der Waals surface area contributed by atoms with Crippen molar-refractivity contribution in [1.29, 1.82) is 0 Å². The first kappa shape index (κ1) is 55.2. The minimum Gasteiger partial charge on any atom is -0.481 e. The second-order valence-corrected chi connectivity index (χ2v) is 21.8. The fraction of sp³-hybridized carbons (Fsp3) is 0.365. The van der Waals surface area contributed by atoms with Gasteiger partial charge in [-0.3, -0.25) is 38.9 Å². The molecule has 0 bridgehead atoms. The minimum atomic E-state index is -0.867. The number of aryl methyl sites for hydroxylation is 2. The molecule has 424 valence electrons. The Labute approximate surface area is 477 Å². The van der Waals surface area contributed by atoms with Gasteiger partial charge in [-0.05, 0) is 105 Å². The molecule has 0 radical (unpaired) electrons. The third-order valence-electron chi connectivity index (χ3n) is 16.0. The number of carbonyl (C=O) groups excluding carboxylic acids is 3. The molecule has 0 atom stereocenters. The Morgan fingerprint density at radius 1 is 0.537 bits per heavy atom. The summed E-state index contributed by atoms with van der Waals surface area (Å²) in [4.78, 5) is 70.6. The highest BCUT2D eigenvalue weighted by molar-refractivity contribution is 5.97. The fourth-order valence-corrected chi connectivity index (χ4v) is 11.3. The molecule has 4 aliphatic heterocycles. The molecule has 4 aromatic carbocycles. The lowest BCUT2D eigenvalue weighted by molar-refractivity contribution is -0.153. The first-order valence-corrected chi connectivity index (χ1v) is 28.4.